The molecule has 2 nitrogen and oxygen atoms in total. The van der Waals surface area contributed by atoms with Gasteiger partial charge in [0.1, 0.15) is 11.4 Å². The van der Waals surface area contributed by atoms with E-state index in [1.807, 2.05) is 51.1 Å². The largest absolute Gasteiger partial charge is 0.345 e. The molecule has 0 heterocycles. The molecule has 1 aromatic carbocycles. The van der Waals surface area contributed by atoms with Crippen LogP contribution in [0.1, 0.15) is 20.8 Å². The van der Waals surface area contributed by atoms with E-state index in [-0.39, 0.29) is 0 Å². The maximum absolute atomic E-state index is 9.25. The fourth-order valence-corrected chi connectivity index (χ4v) is 4.41. The van der Waals surface area contributed by atoms with Crippen LogP contribution in [0.5, 0.6) is 0 Å². The molecule has 0 saturated heterocycles. The molecule has 86 valence electrons. The molecular formula is C12H16NOPS. The van der Waals surface area contributed by atoms with Crippen LogP contribution in [0.4, 0.5) is 0 Å². The first-order chi connectivity index (χ1) is 7.48. The van der Waals surface area contributed by atoms with E-state index in [4.69, 9.17) is 16.3 Å². The molecule has 0 aliphatic carbocycles. The van der Waals surface area contributed by atoms with Gasteiger partial charge in [-0.3, -0.25) is 0 Å². The number of hydrogen-bond acceptors (Lipinski definition) is 3. The Kier molecular flexibility index (Phi) is 4.27. The minimum Gasteiger partial charge on any atom is -0.345 e. The zero-order chi connectivity index (χ0) is 12.2. The number of nitriles is 1. The third kappa shape index (κ3) is 2.35. The Labute approximate surface area is 102 Å². The standard InChI is InChI=1S/C12H16NOPS/c1-4-14-15(16,12(2,3)10-13)11-8-6-5-7-9-11/h5-9H,4H2,1-3H3/t15-/m0/s1. The first kappa shape index (κ1) is 13.4. The predicted octanol–water partition coefficient (Wildman–Crippen LogP) is 3.05. The molecule has 1 aromatic rings. The molecule has 1 rings (SSSR count). The number of rotatable bonds is 4. The van der Waals surface area contributed by atoms with Crippen LogP contribution in [0.3, 0.4) is 0 Å². The van der Waals surface area contributed by atoms with Gasteiger partial charge in [-0.05, 0) is 20.8 Å². The van der Waals surface area contributed by atoms with E-state index in [1.165, 1.54) is 0 Å². The third-order valence-electron chi connectivity index (χ3n) is 2.42. The first-order valence-corrected chi connectivity index (χ1v) is 7.91. The molecule has 0 radical (unpaired) electrons. The molecule has 0 amide bonds. The summed E-state index contributed by atoms with van der Waals surface area (Å²) in [5, 5.41) is 9.58. The molecule has 16 heavy (non-hydrogen) atoms. The van der Waals surface area contributed by atoms with Crippen LogP contribution in [0.25, 0.3) is 0 Å². The van der Waals surface area contributed by atoms with E-state index in [0.717, 1.165) is 5.30 Å². The molecule has 0 N–H and O–H groups in total. The maximum Gasteiger partial charge on any atom is 0.113 e. The highest BCUT2D eigenvalue weighted by Gasteiger charge is 2.38. The SMILES string of the molecule is CCO[P@](=S)(c1ccccc1)C(C)(C)C#N. The lowest BCUT2D eigenvalue weighted by Crippen LogP contribution is -2.26. The minimum absolute atomic E-state index is 0.539. The van der Waals surface area contributed by atoms with Gasteiger partial charge in [0.15, 0.2) is 0 Å². The lowest BCUT2D eigenvalue weighted by Gasteiger charge is -2.32. The molecular weight excluding hydrogens is 237 g/mol. The van der Waals surface area contributed by atoms with Crippen molar-refractivity contribution in [1.29, 1.82) is 5.26 Å². The highest BCUT2D eigenvalue weighted by molar-refractivity contribution is 8.16. The summed E-state index contributed by atoms with van der Waals surface area (Å²) in [4.78, 5) is 0. The minimum atomic E-state index is -2.30. The van der Waals surface area contributed by atoms with Crippen LogP contribution < -0.4 is 5.30 Å². The summed E-state index contributed by atoms with van der Waals surface area (Å²) >= 11 is 5.67. The van der Waals surface area contributed by atoms with Gasteiger partial charge in [0.25, 0.3) is 0 Å². The van der Waals surface area contributed by atoms with E-state index in [1.54, 1.807) is 0 Å². The van der Waals surface area contributed by atoms with E-state index in [9.17, 15) is 5.26 Å². The Morgan fingerprint density at radius 3 is 2.38 bits per heavy atom. The highest BCUT2D eigenvalue weighted by atomic mass is 32.4. The summed E-state index contributed by atoms with van der Waals surface area (Å²) in [6.45, 7) is 6.17. The Bertz CT molecular complexity index is 436. The van der Waals surface area contributed by atoms with E-state index >= 15 is 0 Å². The third-order valence-corrected chi connectivity index (χ3v) is 7.91. The van der Waals surface area contributed by atoms with Crippen LogP contribution in [-0.4, -0.2) is 11.8 Å². The molecule has 4 heteroatoms. The van der Waals surface area contributed by atoms with E-state index in [0.29, 0.717) is 6.61 Å². The summed E-state index contributed by atoms with van der Waals surface area (Å²) in [5.41, 5.74) is 0. The molecule has 0 aliphatic heterocycles. The normalized spacial score (nSPS) is 15.1. The highest BCUT2D eigenvalue weighted by Crippen LogP contribution is 2.57. The van der Waals surface area contributed by atoms with Gasteiger partial charge in [-0.25, -0.2) is 0 Å². The Hall–Kier alpha value is -0.680. The van der Waals surface area contributed by atoms with Crippen LogP contribution in [0.15, 0.2) is 30.3 Å². The Balaban J connectivity index is 3.30. The van der Waals surface area contributed by atoms with Crippen LogP contribution in [0.2, 0.25) is 0 Å². The lowest BCUT2D eigenvalue weighted by atomic mass is 10.2. The molecule has 0 spiro atoms. The van der Waals surface area contributed by atoms with E-state index < -0.39 is 11.4 Å². The van der Waals surface area contributed by atoms with Gasteiger partial charge in [-0.2, -0.15) is 5.26 Å². The van der Waals surface area contributed by atoms with Gasteiger partial charge < -0.3 is 4.52 Å². The molecule has 1 atom stereocenters. The Morgan fingerprint density at radius 1 is 1.38 bits per heavy atom. The van der Waals surface area contributed by atoms with Gasteiger partial charge in [0.2, 0.25) is 0 Å². The second-order valence-corrected chi connectivity index (χ2v) is 8.51. The van der Waals surface area contributed by atoms with Crippen molar-refractivity contribution in [3.63, 3.8) is 0 Å². The van der Waals surface area contributed by atoms with Crippen molar-refractivity contribution in [3.8, 4) is 6.07 Å². The van der Waals surface area contributed by atoms with Crippen LogP contribution >= 0.6 is 6.26 Å². The van der Waals surface area contributed by atoms with Crippen LogP contribution in [0, 0.1) is 11.3 Å². The zero-order valence-corrected chi connectivity index (χ0v) is 11.5. The maximum atomic E-state index is 9.25. The van der Waals surface area contributed by atoms with Gasteiger partial charge in [0.05, 0.1) is 6.07 Å². The van der Waals surface area contributed by atoms with Gasteiger partial charge in [-0.1, -0.05) is 42.1 Å². The molecule has 0 fully saturated rings. The first-order valence-electron chi connectivity index (χ1n) is 5.19. The fourth-order valence-electron chi connectivity index (χ4n) is 1.43. The molecule has 0 unspecified atom stereocenters. The second-order valence-electron chi connectivity index (χ2n) is 3.98. The number of benzene rings is 1. The summed E-state index contributed by atoms with van der Waals surface area (Å²) in [6, 6.07) is 12.0. The number of nitrogens with zero attached hydrogens (tertiary/aromatic N) is 1. The summed E-state index contributed by atoms with van der Waals surface area (Å²) in [7, 11) is 0. The van der Waals surface area contributed by atoms with Crippen LogP contribution in [-0.2, 0) is 16.3 Å². The quantitative estimate of drug-likeness (QED) is 0.773. The monoisotopic (exact) mass is 253 g/mol. The zero-order valence-electron chi connectivity index (χ0n) is 9.80. The van der Waals surface area contributed by atoms with Crippen molar-refractivity contribution >= 4 is 23.4 Å². The summed E-state index contributed by atoms with van der Waals surface area (Å²) in [6.07, 6.45) is -2.30. The molecule has 0 bridgehead atoms. The smallest absolute Gasteiger partial charge is 0.113 e. The van der Waals surface area contributed by atoms with Crippen molar-refractivity contribution < 1.29 is 4.52 Å². The topological polar surface area (TPSA) is 33.0 Å². The second kappa shape index (κ2) is 5.10. The lowest BCUT2D eigenvalue weighted by molar-refractivity contribution is 0.373. The fraction of sp³-hybridized carbons (Fsp3) is 0.417. The molecule has 0 saturated carbocycles. The van der Waals surface area contributed by atoms with Crippen molar-refractivity contribution in [2.45, 2.75) is 25.9 Å². The molecule has 0 aromatic heterocycles. The van der Waals surface area contributed by atoms with Crippen molar-refractivity contribution in [2.24, 2.45) is 0 Å². The van der Waals surface area contributed by atoms with Gasteiger partial charge in [-0.15, -0.1) is 0 Å². The average Bonchev–Trinajstić information content (AvgIpc) is 2.30. The Morgan fingerprint density at radius 2 is 1.94 bits per heavy atom. The summed E-state index contributed by atoms with van der Waals surface area (Å²) < 4.78 is 5.77. The average molecular weight is 253 g/mol. The van der Waals surface area contributed by atoms with E-state index in [2.05, 4.69) is 6.07 Å². The summed E-state index contributed by atoms with van der Waals surface area (Å²) in [5.74, 6) is 0. The van der Waals surface area contributed by atoms with Crippen molar-refractivity contribution in [1.82, 2.24) is 0 Å². The van der Waals surface area contributed by atoms with Gasteiger partial charge in [0, 0.05) is 11.9 Å². The predicted molar refractivity (Wildman–Crippen MR) is 71.7 cm³/mol. The number of hydrogen-bond donors (Lipinski definition) is 0. The van der Waals surface area contributed by atoms with Gasteiger partial charge >= 0.3 is 0 Å². The molecule has 0 aliphatic rings. The van der Waals surface area contributed by atoms with Crippen molar-refractivity contribution in [3.05, 3.63) is 30.3 Å². The van der Waals surface area contributed by atoms with Crippen molar-refractivity contribution in [2.75, 3.05) is 6.61 Å².